The summed E-state index contributed by atoms with van der Waals surface area (Å²) in [4.78, 5) is 14.0. The van der Waals surface area contributed by atoms with Crippen molar-refractivity contribution in [3.05, 3.63) is 51.8 Å². The van der Waals surface area contributed by atoms with Gasteiger partial charge in [0, 0.05) is 0 Å². The third kappa shape index (κ3) is 3.23. The molecule has 20 heavy (non-hydrogen) atoms. The van der Waals surface area contributed by atoms with Crippen LogP contribution in [0.5, 0.6) is 5.75 Å². The zero-order chi connectivity index (χ0) is 14.5. The average molecular weight is 274 g/mol. The summed E-state index contributed by atoms with van der Waals surface area (Å²) in [6.07, 6.45) is 3.24. The van der Waals surface area contributed by atoms with Gasteiger partial charge in [-0.05, 0) is 30.2 Å². The molecule has 0 amide bonds. The van der Waals surface area contributed by atoms with E-state index in [2.05, 4.69) is 11.9 Å². The van der Waals surface area contributed by atoms with Crippen molar-refractivity contribution in [2.24, 2.45) is 4.99 Å². The van der Waals surface area contributed by atoms with E-state index in [4.69, 9.17) is 4.42 Å². The Morgan fingerprint density at radius 3 is 2.85 bits per heavy atom. The number of aryl methyl sites for hydroxylation is 1. The molecule has 0 atom stereocenters. The van der Waals surface area contributed by atoms with Crippen molar-refractivity contribution in [3.63, 3.8) is 0 Å². The molecule has 0 radical (unpaired) electrons. The highest BCUT2D eigenvalue weighted by molar-refractivity contribution is 5.80. The topological polar surface area (TPSA) is 88.9 Å². The normalized spacial score (nSPS) is 11.1. The highest BCUT2D eigenvalue weighted by Crippen LogP contribution is 2.28. The first-order chi connectivity index (χ1) is 9.60. The maximum atomic E-state index is 10.5. The predicted octanol–water partition coefficient (Wildman–Crippen LogP) is 3.60. The van der Waals surface area contributed by atoms with Crippen LogP contribution in [0.25, 0.3) is 0 Å². The average Bonchev–Trinajstić information content (AvgIpc) is 2.89. The number of phenols is 1. The lowest BCUT2D eigenvalue weighted by molar-refractivity contribution is -0.402. The molecule has 0 saturated carbocycles. The minimum Gasteiger partial charge on any atom is -0.506 e. The first-order valence-electron chi connectivity index (χ1n) is 6.20. The molecule has 0 aliphatic carbocycles. The van der Waals surface area contributed by atoms with Gasteiger partial charge in [-0.3, -0.25) is 10.1 Å². The molecule has 6 heteroatoms. The van der Waals surface area contributed by atoms with Gasteiger partial charge in [0.15, 0.2) is 5.76 Å². The van der Waals surface area contributed by atoms with Crippen molar-refractivity contribution in [1.29, 1.82) is 0 Å². The maximum absolute atomic E-state index is 10.5. The van der Waals surface area contributed by atoms with Crippen LogP contribution in [0.2, 0.25) is 0 Å². The van der Waals surface area contributed by atoms with Crippen LogP contribution < -0.4 is 0 Å². The zero-order valence-corrected chi connectivity index (χ0v) is 10.9. The van der Waals surface area contributed by atoms with Crippen molar-refractivity contribution in [2.75, 3.05) is 0 Å². The van der Waals surface area contributed by atoms with Crippen molar-refractivity contribution in [2.45, 2.75) is 19.8 Å². The van der Waals surface area contributed by atoms with Gasteiger partial charge in [-0.25, -0.2) is 4.99 Å². The molecule has 0 spiro atoms. The molecule has 0 saturated heterocycles. The van der Waals surface area contributed by atoms with Crippen molar-refractivity contribution >= 4 is 17.8 Å². The van der Waals surface area contributed by atoms with Gasteiger partial charge in [-0.1, -0.05) is 19.4 Å². The number of aromatic hydroxyl groups is 1. The first kappa shape index (κ1) is 13.8. The Morgan fingerprint density at radius 2 is 2.20 bits per heavy atom. The second kappa shape index (κ2) is 6.01. The number of phenolic OH excluding ortho intramolecular Hbond substituents is 1. The van der Waals surface area contributed by atoms with Crippen LogP contribution in [0.4, 0.5) is 11.6 Å². The fourth-order valence-corrected chi connectivity index (χ4v) is 1.76. The van der Waals surface area contributed by atoms with Crippen LogP contribution in [0.15, 0.2) is 39.7 Å². The van der Waals surface area contributed by atoms with Gasteiger partial charge in [-0.15, -0.1) is 0 Å². The van der Waals surface area contributed by atoms with Crippen molar-refractivity contribution < 1.29 is 14.4 Å². The van der Waals surface area contributed by atoms with Crippen LogP contribution in [0.3, 0.4) is 0 Å². The molecule has 1 N–H and O–H groups in total. The lowest BCUT2D eigenvalue weighted by Crippen LogP contribution is -1.84. The lowest BCUT2D eigenvalue weighted by atomic mass is 10.1. The molecule has 0 unspecified atom stereocenters. The Hall–Kier alpha value is -2.63. The number of hydrogen-bond donors (Lipinski definition) is 1. The SMILES string of the molecule is CCCc1ccc(O)c(N=Cc2ccc([N+](=O)[O-])o2)c1. The minimum atomic E-state index is -0.614. The largest absolute Gasteiger partial charge is 0.506 e. The van der Waals surface area contributed by atoms with Gasteiger partial charge in [0.2, 0.25) is 0 Å². The summed E-state index contributed by atoms with van der Waals surface area (Å²) in [7, 11) is 0. The monoisotopic (exact) mass is 274 g/mol. The van der Waals surface area contributed by atoms with Crippen molar-refractivity contribution in [3.8, 4) is 5.75 Å². The van der Waals surface area contributed by atoms with E-state index in [0.717, 1.165) is 18.4 Å². The Balaban J connectivity index is 2.21. The van der Waals surface area contributed by atoms with E-state index in [0.29, 0.717) is 5.69 Å². The standard InChI is InChI=1S/C14H14N2O4/c1-2-3-10-4-6-13(17)12(8-10)15-9-11-5-7-14(20-11)16(18)19/h4-9,17H,2-3H2,1H3. The fourth-order valence-electron chi connectivity index (χ4n) is 1.76. The molecule has 2 aromatic rings. The van der Waals surface area contributed by atoms with E-state index < -0.39 is 4.92 Å². The highest BCUT2D eigenvalue weighted by atomic mass is 16.6. The number of nitrogens with zero attached hydrogens (tertiary/aromatic N) is 2. The summed E-state index contributed by atoms with van der Waals surface area (Å²) >= 11 is 0. The van der Waals surface area contributed by atoms with Gasteiger partial charge in [0.05, 0.1) is 12.3 Å². The van der Waals surface area contributed by atoms with E-state index >= 15 is 0 Å². The molecule has 0 fully saturated rings. The van der Waals surface area contributed by atoms with Crippen LogP contribution >= 0.6 is 0 Å². The summed E-state index contributed by atoms with van der Waals surface area (Å²) in [5, 5.41) is 20.2. The van der Waals surface area contributed by atoms with Crippen LogP contribution in [-0.4, -0.2) is 16.2 Å². The number of nitro groups is 1. The summed E-state index contributed by atoms with van der Waals surface area (Å²) in [6, 6.07) is 7.92. The van der Waals surface area contributed by atoms with Crippen LogP contribution in [0.1, 0.15) is 24.7 Å². The van der Waals surface area contributed by atoms with Crippen LogP contribution in [-0.2, 0) is 6.42 Å². The van der Waals surface area contributed by atoms with E-state index in [1.54, 1.807) is 12.1 Å². The molecule has 0 aliphatic rings. The van der Waals surface area contributed by atoms with E-state index in [9.17, 15) is 15.2 Å². The second-order valence-corrected chi connectivity index (χ2v) is 4.26. The smallest absolute Gasteiger partial charge is 0.433 e. The van der Waals surface area contributed by atoms with Gasteiger partial charge >= 0.3 is 5.88 Å². The first-order valence-corrected chi connectivity index (χ1v) is 6.20. The lowest BCUT2D eigenvalue weighted by Gasteiger charge is -2.02. The summed E-state index contributed by atoms with van der Waals surface area (Å²) in [6.45, 7) is 2.07. The number of hydrogen-bond acceptors (Lipinski definition) is 5. The maximum Gasteiger partial charge on any atom is 0.433 e. The quantitative estimate of drug-likeness (QED) is 0.512. The molecule has 0 bridgehead atoms. The summed E-state index contributed by atoms with van der Waals surface area (Å²) in [5.41, 5.74) is 1.48. The van der Waals surface area contributed by atoms with Crippen LogP contribution in [0, 0.1) is 10.1 Å². The van der Waals surface area contributed by atoms with Crippen molar-refractivity contribution in [1.82, 2.24) is 0 Å². The number of benzene rings is 1. The number of furan rings is 1. The molecule has 104 valence electrons. The van der Waals surface area contributed by atoms with E-state index in [1.165, 1.54) is 18.3 Å². The highest BCUT2D eigenvalue weighted by Gasteiger charge is 2.10. The van der Waals surface area contributed by atoms with E-state index in [-0.39, 0.29) is 17.4 Å². The second-order valence-electron chi connectivity index (χ2n) is 4.26. The van der Waals surface area contributed by atoms with Gasteiger partial charge in [0.25, 0.3) is 0 Å². The Kier molecular flexibility index (Phi) is 4.14. The molecule has 2 rings (SSSR count). The Morgan fingerprint density at radius 1 is 1.40 bits per heavy atom. The number of rotatable bonds is 5. The molecule has 0 aliphatic heterocycles. The summed E-state index contributed by atoms with van der Waals surface area (Å²) < 4.78 is 4.95. The summed E-state index contributed by atoms with van der Waals surface area (Å²) in [5.74, 6) is -0.0189. The third-order valence-electron chi connectivity index (χ3n) is 2.70. The molecule has 1 aromatic carbocycles. The zero-order valence-electron chi connectivity index (χ0n) is 10.9. The Labute approximate surface area is 115 Å². The molecule has 1 aromatic heterocycles. The molecular weight excluding hydrogens is 260 g/mol. The van der Waals surface area contributed by atoms with Gasteiger partial charge in [-0.2, -0.15) is 0 Å². The Bertz CT molecular complexity index is 646. The number of aliphatic imine (C=N–C) groups is 1. The van der Waals surface area contributed by atoms with E-state index in [1.807, 2.05) is 6.07 Å². The molecular formula is C14H14N2O4. The van der Waals surface area contributed by atoms with Gasteiger partial charge in [0.1, 0.15) is 16.4 Å². The third-order valence-corrected chi connectivity index (χ3v) is 2.70. The minimum absolute atomic E-state index is 0.0576. The van der Waals surface area contributed by atoms with Gasteiger partial charge < -0.3 is 9.52 Å². The molecule has 6 nitrogen and oxygen atoms in total. The fraction of sp³-hybridized carbons (Fsp3) is 0.214. The predicted molar refractivity (Wildman–Crippen MR) is 74.7 cm³/mol. The molecule has 1 heterocycles.